The number of thiazole rings is 1. The molecular weight excluding hydrogens is 306 g/mol. The molecule has 1 fully saturated rings. The highest BCUT2D eigenvalue weighted by Gasteiger charge is 2.22. The summed E-state index contributed by atoms with van der Waals surface area (Å²) in [5, 5.41) is 2.36. The normalized spacial score (nSPS) is 16.4. The lowest BCUT2D eigenvalue weighted by Gasteiger charge is -2.12. The Kier molecular flexibility index (Phi) is 3.97. The molecular formula is C14H17N3O2S2. The number of hydrogen-bond acceptors (Lipinski definition) is 5. The third-order valence-corrected chi connectivity index (χ3v) is 5.87. The van der Waals surface area contributed by atoms with Crippen LogP contribution in [0.5, 0.6) is 0 Å². The van der Waals surface area contributed by atoms with Crippen LogP contribution in [-0.2, 0) is 10.0 Å². The summed E-state index contributed by atoms with van der Waals surface area (Å²) in [4.78, 5) is 4.48. The first kappa shape index (κ1) is 14.5. The number of rotatable bonds is 4. The Morgan fingerprint density at radius 3 is 2.43 bits per heavy atom. The van der Waals surface area contributed by atoms with E-state index in [9.17, 15) is 8.42 Å². The second kappa shape index (κ2) is 5.75. The molecule has 0 atom stereocenters. The lowest BCUT2D eigenvalue weighted by molar-refractivity contribution is 0.552. The lowest BCUT2D eigenvalue weighted by atomic mass is 10.2. The highest BCUT2D eigenvalue weighted by molar-refractivity contribution is 7.89. The summed E-state index contributed by atoms with van der Waals surface area (Å²) >= 11 is 1.37. The Balaban J connectivity index is 1.79. The van der Waals surface area contributed by atoms with E-state index in [0.29, 0.717) is 10.0 Å². The number of sulfonamides is 1. The van der Waals surface area contributed by atoms with Crippen LogP contribution < -0.4 is 10.5 Å². The maximum absolute atomic E-state index is 12.3. The summed E-state index contributed by atoms with van der Waals surface area (Å²) in [5.41, 5.74) is 7.24. The second-order valence-corrected chi connectivity index (χ2v) is 7.80. The van der Waals surface area contributed by atoms with Gasteiger partial charge in [0.1, 0.15) is 0 Å². The SMILES string of the molecule is Nc1nc(-c2ccc(S(=O)(=O)NC3CCCC3)cc2)cs1. The van der Waals surface area contributed by atoms with E-state index >= 15 is 0 Å². The largest absolute Gasteiger partial charge is 0.375 e. The van der Waals surface area contributed by atoms with E-state index in [2.05, 4.69) is 9.71 Å². The van der Waals surface area contributed by atoms with Gasteiger partial charge in [0, 0.05) is 17.0 Å². The molecule has 7 heteroatoms. The molecule has 1 aromatic carbocycles. The van der Waals surface area contributed by atoms with Crippen molar-refractivity contribution in [2.24, 2.45) is 0 Å². The van der Waals surface area contributed by atoms with Crippen LogP contribution in [0.25, 0.3) is 11.3 Å². The molecule has 112 valence electrons. The van der Waals surface area contributed by atoms with Gasteiger partial charge in [0.25, 0.3) is 0 Å². The van der Waals surface area contributed by atoms with Gasteiger partial charge < -0.3 is 5.73 Å². The van der Waals surface area contributed by atoms with E-state index in [1.807, 2.05) is 5.38 Å². The van der Waals surface area contributed by atoms with Crippen molar-refractivity contribution in [1.82, 2.24) is 9.71 Å². The molecule has 5 nitrogen and oxygen atoms in total. The monoisotopic (exact) mass is 323 g/mol. The first-order valence-electron chi connectivity index (χ1n) is 6.88. The van der Waals surface area contributed by atoms with Crippen LogP contribution in [0.15, 0.2) is 34.5 Å². The van der Waals surface area contributed by atoms with Gasteiger partial charge in [0.2, 0.25) is 10.0 Å². The Morgan fingerprint density at radius 1 is 1.19 bits per heavy atom. The Labute approximate surface area is 128 Å². The fourth-order valence-electron chi connectivity index (χ4n) is 2.56. The van der Waals surface area contributed by atoms with Crippen molar-refractivity contribution in [1.29, 1.82) is 0 Å². The third-order valence-electron chi connectivity index (χ3n) is 3.66. The third kappa shape index (κ3) is 3.25. The molecule has 1 heterocycles. The molecule has 1 saturated carbocycles. The van der Waals surface area contributed by atoms with E-state index in [1.165, 1.54) is 11.3 Å². The molecule has 0 spiro atoms. The number of hydrogen-bond donors (Lipinski definition) is 2. The predicted octanol–water partition coefficient (Wildman–Crippen LogP) is 2.61. The van der Waals surface area contributed by atoms with Crippen molar-refractivity contribution in [3.8, 4) is 11.3 Å². The average Bonchev–Trinajstić information content (AvgIpc) is 3.10. The van der Waals surface area contributed by atoms with Gasteiger partial charge in [0.05, 0.1) is 10.6 Å². The van der Waals surface area contributed by atoms with E-state index in [-0.39, 0.29) is 6.04 Å². The van der Waals surface area contributed by atoms with Crippen molar-refractivity contribution in [2.45, 2.75) is 36.6 Å². The van der Waals surface area contributed by atoms with Crippen LogP contribution >= 0.6 is 11.3 Å². The smallest absolute Gasteiger partial charge is 0.240 e. The van der Waals surface area contributed by atoms with Crippen LogP contribution in [0.4, 0.5) is 5.13 Å². The number of nitrogen functional groups attached to an aromatic ring is 1. The maximum atomic E-state index is 12.3. The minimum Gasteiger partial charge on any atom is -0.375 e. The zero-order chi connectivity index (χ0) is 14.9. The van der Waals surface area contributed by atoms with E-state index in [4.69, 9.17) is 5.73 Å². The first-order valence-corrected chi connectivity index (χ1v) is 9.25. The van der Waals surface area contributed by atoms with Gasteiger partial charge in [-0.2, -0.15) is 0 Å². The molecule has 0 bridgehead atoms. The number of nitrogens with zero attached hydrogens (tertiary/aromatic N) is 1. The van der Waals surface area contributed by atoms with Crippen LogP contribution in [0, 0.1) is 0 Å². The molecule has 1 aromatic heterocycles. The molecule has 0 aliphatic heterocycles. The topological polar surface area (TPSA) is 85.1 Å². The number of nitrogens with two attached hydrogens (primary N) is 1. The van der Waals surface area contributed by atoms with Crippen molar-refractivity contribution < 1.29 is 8.42 Å². The van der Waals surface area contributed by atoms with Gasteiger partial charge in [-0.05, 0) is 25.0 Å². The Morgan fingerprint density at radius 2 is 1.86 bits per heavy atom. The number of aromatic nitrogens is 1. The number of anilines is 1. The molecule has 0 radical (unpaired) electrons. The summed E-state index contributed by atoms with van der Waals surface area (Å²) in [6.07, 6.45) is 4.04. The van der Waals surface area contributed by atoms with Crippen LogP contribution in [0.2, 0.25) is 0 Å². The minimum atomic E-state index is -3.43. The first-order chi connectivity index (χ1) is 10.0. The predicted molar refractivity (Wildman–Crippen MR) is 84.5 cm³/mol. The van der Waals surface area contributed by atoms with Crippen LogP contribution in [-0.4, -0.2) is 19.4 Å². The zero-order valence-electron chi connectivity index (χ0n) is 11.5. The van der Waals surface area contributed by atoms with E-state index in [0.717, 1.165) is 36.9 Å². The van der Waals surface area contributed by atoms with E-state index < -0.39 is 10.0 Å². The molecule has 0 unspecified atom stereocenters. The Bertz CT molecular complexity index is 717. The highest BCUT2D eigenvalue weighted by Crippen LogP contribution is 2.25. The zero-order valence-corrected chi connectivity index (χ0v) is 13.1. The molecule has 21 heavy (non-hydrogen) atoms. The summed E-state index contributed by atoms with van der Waals surface area (Å²) in [5.74, 6) is 0. The minimum absolute atomic E-state index is 0.0769. The van der Waals surface area contributed by atoms with Crippen molar-refractivity contribution in [3.63, 3.8) is 0 Å². The molecule has 0 amide bonds. The summed E-state index contributed by atoms with van der Waals surface area (Å²) < 4.78 is 27.4. The molecule has 1 aliphatic carbocycles. The fraction of sp³-hybridized carbons (Fsp3) is 0.357. The molecule has 2 aromatic rings. The number of benzene rings is 1. The van der Waals surface area contributed by atoms with Crippen molar-refractivity contribution in [3.05, 3.63) is 29.6 Å². The summed E-state index contributed by atoms with van der Waals surface area (Å²) in [6, 6.07) is 6.83. The molecule has 1 aliphatic rings. The summed E-state index contributed by atoms with van der Waals surface area (Å²) in [7, 11) is -3.43. The second-order valence-electron chi connectivity index (χ2n) is 5.20. The van der Waals surface area contributed by atoms with Gasteiger partial charge in [-0.25, -0.2) is 18.1 Å². The van der Waals surface area contributed by atoms with Crippen molar-refractivity contribution >= 4 is 26.5 Å². The van der Waals surface area contributed by atoms with Gasteiger partial charge >= 0.3 is 0 Å². The molecule has 3 rings (SSSR count). The van der Waals surface area contributed by atoms with Gasteiger partial charge in [0.15, 0.2) is 5.13 Å². The Hall–Kier alpha value is -1.44. The fourth-order valence-corrected chi connectivity index (χ4v) is 4.43. The number of nitrogens with one attached hydrogen (secondary N) is 1. The quantitative estimate of drug-likeness (QED) is 0.905. The average molecular weight is 323 g/mol. The highest BCUT2D eigenvalue weighted by atomic mass is 32.2. The summed E-state index contributed by atoms with van der Waals surface area (Å²) in [6.45, 7) is 0. The van der Waals surface area contributed by atoms with Crippen molar-refractivity contribution in [2.75, 3.05) is 5.73 Å². The van der Waals surface area contributed by atoms with Gasteiger partial charge in [-0.3, -0.25) is 0 Å². The molecule has 3 N–H and O–H groups in total. The lowest BCUT2D eigenvalue weighted by Crippen LogP contribution is -2.32. The van der Waals surface area contributed by atoms with Crippen LogP contribution in [0.1, 0.15) is 25.7 Å². The van der Waals surface area contributed by atoms with Gasteiger partial charge in [-0.1, -0.05) is 25.0 Å². The van der Waals surface area contributed by atoms with Crippen LogP contribution in [0.3, 0.4) is 0 Å². The molecule has 0 saturated heterocycles. The van der Waals surface area contributed by atoms with E-state index in [1.54, 1.807) is 24.3 Å². The van der Waals surface area contributed by atoms with Gasteiger partial charge in [-0.15, -0.1) is 11.3 Å². The maximum Gasteiger partial charge on any atom is 0.240 e. The standard InChI is InChI=1S/C14H17N3O2S2/c15-14-16-13(9-20-14)10-5-7-12(8-6-10)21(18,19)17-11-3-1-2-4-11/h5-9,11,17H,1-4H2,(H2,15,16).